The molecule has 0 radical (unpaired) electrons. The Kier molecular flexibility index (Phi) is 5.02. The van der Waals surface area contributed by atoms with Crippen molar-refractivity contribution in [1.82, 2.24) is 9.97 Å². The monoisotopic (exact) mass is 353 g/mol. The summed E-state index contributed by atoms with van der Waals surface area (Å²) in [5, 5.41) is 2.75. The summed E-state index contributed by atoms with van der Waals surface area (Å²) in [4.78, 5) is 23.8. The molecule has 0 atom stereocenters. The van der Waals surface area contributed by atoms with Crippen molar-refractivity contribution < 1.29 is 9.53 Å². The maximum atomic E-state index is 12.2. The molecule has 1 fully saturated rings. The predicted molar refractivity (Wildman–Crippen MR) is 93.7 cm³/mol. The minimum absolute atomic E-state index is 0.215. The fourth-order valence-electron chi connectivity index (χ4n) is 3.15. The number of rotatable bonds is 4. The van der Waals surface area contributed by atoms with Gasteiger partial charge in [0.15, 0.2) is 0 Å². The van der Waals surface area contributed by atoms with Gasteiger partial charge in [0.25, 0.3) is 0 Å². The van der Waals surface area contributed by atoms with Gasteiger partial charge in [-0.1, -0.05) is 19.3 Å². The lowest BCUT2D eigenvalue weighted by Gasteiger charge is -2.32. The van der Waals surface area contributed by atoms with Gasteiger partial charge in [-0.25, -0.2) is 9.78 Å². The first-order valence-electron chi connectivity index (χ1n) is 7.96. The summed E-state index contributed by atoms with van der Waals surface area (Å²) >= 11 is 7.50. The van der Waals surface area contributed by atoms with Crippen LogP contribution in [0, 0.1) is 0 Å². The highest BCUT2D eigenvalue weighted by Crippen LogP contribution is 2.35. The third-order valence-corrected chi connectivity index (χ3v) is 5.38. The van der Waals surface area contributed by atoms with Crippen molar-refractivity contribution in [2.45, 2.75) is 45.1 Å². The number of hydrogen-bond donors (Lipinski definition) is 0. The summed E-state index contributed by atoms with van der Waals surface area (Å²) < 4.78 is 5.17. The first-order valence-corrected chi connectivity index (χ1v) is 9.22. The molecule has 0 saturated heterocycles. The van der Waals surface area contributed by atoms with Crippen LogP contribution in [-0.4, -0.2) is 35.6 Å². The van der Waals surface area contributed by atoms with Crippen LogP contribution in [0.5, 0.6) is 0 Å². The molecule has 0 N–H and O–H groups in total. The number of ether oxygens (including phenoxy) is 1. The van der Waals surface area contributed by atoms with Crippen LogP contribution >= 0.6 is 22.9 Å². The second-order valence-corrected chi connectivity index (χ2v) is 6.97. The van der Waals surface area contributed by atoms with Crippen LogP contribution in [0.4, 0.5) is 5.82 Å². The predicted octanol–water partition coefficient (Wildman–Crippen LogP) is 4.29. The lowest BCUT2D eigenvalue weighted by atomic mass is 9.94. The van der Waals surface area contributed by atoms with E-state index < -0.39 is 0 Å². The van der Waals surface area contributed by atoms with E-state index in [1.165, 1.54) is 30.6 Å². The summed E-state index contributed by atoms with van der Waals surface area (Å²) in [6, 6.07) is 0.424. The van der Waals surface area contributed by atoms with Crippen molar-refractivity contribution in [2.24, 2.45) is 0 Å². The van der Waals surface area contributed by atoms with E-state index in [2.05, 4.69) is 14.9 Å². The first-order chi connectivity index (χ1) is 11.1. The van der Waals surface area contributed by atoms with Crippen molar-refractivity contribution in [2.75, 3.05) is 18.6 Å². The Bertz CT molecular complexity index is 713. The Morgan fingerprint density at radius 3 is 2.83 bits per heavy atom. The third-order valence-electron chi connectivity index (χ3n) is 4.34. The highest BCUT2D eigenvalue weighted by molar-refractivity contribution is 7.17. The molecular formula is C16H20ClN3O2S. The zero-order chi connectivity index (χ0) is 16.4. The molecule has 1 aliphatic carbocycles. The fraction of sp³-hybridized carbons (Fsp3) is 0.562. The molecule has 0 unspecified atom stereocenters. The normalized spacial score (nSPS) is 15.8. The van der Waals surface area contributed by atoms with Crippen molar-refractivity contribution in [3.63, 3.8) is 0 Å². The molecule has 1 saturated carbocycles. The zero-order valence-corrected chi connectivity index (χ0v) is 14.9. The summed E-state index contributed by atoms with van der Waals surface area (Å²) in [5.74, 6) is 0.402. The largest absolute Gasteiger partial charge is 0.462 e. The van der Waals surface area contributed by atoms with Gasteiger partial charge in [-0.15, -0.1) is 11.3 Å². The van der Waals surface area contributed by atoms with Crippen LogP contribution in [-0.2, 0) is 4.74 Å². The average molecular weight is 354 g/mol. The molecule has 5 nitrogen and oxygen atoms in total. The topological polar surface area (TPSA) is 55.3 Å². The molecule has 124 valence electrons. The van der Waals surface area contributed by atoms with Gasteiger partial charge in [-0.2, -0.15) is 4.98 Å². The van der Waals surface area contributed by atoms with Gasteiger partial charge < -0.3 is 9.64 Å². The van der Waals surface area contributed by atoms with E-state index in [1.807, 2.05) is 7.05 Å². The van der Waals surface area contributed by atoms with E-state index in [4.69, 9.17) is 16.3 Å². The summed E-state index contributed by atoms with van der Waals surface area (Å²) in [7, 11) is 2.03. The molecule has 2 heterocycles. The molecule has 2 aromatic heterocycles. The Labute approximate surface area is 144 Å². The Hall–Kier alpha value is -1.40. The molecule has 23 heavy (non-hydrogen) atoms. The highest BCUT2D eigenvalue weighted by atomic mass is 35.5. The zero-order valence-electron chi connectivity index (χ0n) is 13.3. The molecule has 0 aliphatic heterocycles. The maximum absolute atomic E-state index is 12.2. The highest BCUT2D eigenvalue weighted by Gasteiger charge is 2.25. The van der Waals surface area contributed by atoms with Gasteiger partial charge in [0.1, 0.15) is 10.6 Å². The lowest BCUT2D eigenvalue weighted by Crippen LogP contribution is -2.34. The summed E-state index contributed by atoms with van der Waals surface area (Å²) in [6.07, 6.45) is 6.02. The third kappa shape index (κ3) is 3.28. The van der Waals surface area contributed by atoms with Crippen LogP contribution in [0.15, 0.2) is 5.38 Å². The number of anilines is 1. The van der Waals surface area contributed by atoms with Crippen LogP contribution in [0.25, 0.3) is 10.2 Å². The van der Waals surface area contributed by atoms with E-state index in [0.29, 0.717) is 18.2 Å². The van der Waals surface area contributed by atoms with Gasteiger partial charge >= 0.3 is 5.97 Å². The number of fused-ring (bicyclic) bond motifs is 1. The molecule has 0 bridgehead atoms. The number of thiophene rings is 1. The van der Waals surface area contributed by atoms with Crippen LogP contribution in [0.3, 0.4) is 0 Å². The van der Waals surface area contributed by atoms with Gasteiger partial charge in [-0.05, 0) is 31.4 Å². The van der Waals surface area contributed by atoms with E-state index in [1.54, 1.807) is 12.3 Å². The van der Waals surface area contributed by atoms with Crippen molar-refractivity contribution in [3.05, 3.63) is 16.2 Å². The summed E-state index contributed by atoms with van der Waals surface area (Å²) in [6.45, 7) is 2.15. The molecule has 0 aromatic carbocycles. The van der Waals surface area contributed by atoms with Crippen LogP contribution in [0.2, 0.25) is 5.28 Å². The molecule has 3 rings (SSSR count). The van der Waals surface area contributed by atoms with Gasteiger partial charge in [0, 0.05) is 18.5 Å². The van der Waals surface area contributed by atoms with Gasteiger partial charge in [0.2, 0.25) is 5.28 Å². The number of halogens is 1. The number of carbonyl (C=O) groups is 1. The molecule has 7 heteroatoms. The molecule has 0 amide bonds. The van der Waals surface area contributed by atoms with Crippen LogP contribution in [0.1, 0.15) is 49.4 Å². The Morgan fingerprint density at radius 1 is 1.39 bits per heavy atom. The van der Waals surface area contributed by atoms with E-state index in [9.17, 15) is 4.79 Å². The van der Waals surface area contributed by atoms with Crippen LogP contribution < -0.4 is 4.90 Å². The lowest BCUT2D eigenvalue weighted by molar-refractivity contribution is 0.0529. The van der Waals surface area contributed by atoms with E-state index >= 15 is 0 Å². The standard InChI is InChI=1S/C16H20ClN3O2S/c1-3-22-15(21)11-9-23-14-12(11)13(18-16(17)19-14)20(2)10-7-5-4-6-8-10/h9-10H,3-8H2,1-2H3. The maximum Gasteiger partial charge on any atom is 0.339 e. The van der Waals surface area contributed by atoms with Crippen molar-refractivity contribution in [1.29, 1.82) is 0 Å². The van der Waals surface area contributed by atoms with Gasteiger partial charge in [-0.3, -0.25) is 0 Å². The number of carbonyl (C=O) groups excluding carboxylic acids is 1. The number of aromatic nitrogens is 2. The molecule has 1 aliphatic rings. The average Bonchev–Trinajstić information content (AvgIpc) is 2.98. The molecule has 2 aromatic rings. The number of esters is 1. The second-order valence-electron chi connectivity index (χ2n) is 5.77. The fourth-order valence-corrected chi connectivity index (χ4v) is 4.27. The summed E-state index contributed by atoms with van der Waals surface area (Å²) in [5.41, 5.74) is 0.529. The van der Waals surface area contributed by atoms with Crippen molar-refractivity contribution >= 4 is 44.9 Å². The smallest absolute Gasteiger partial charge is 0.339 e. The Balaban J connectivity index is 2.06. The minimum atomic E-state index is -0.331. The number of nitrogens with zero attached hydrogens (tertiary/aromatic N) is 3. The van der Waals surface area contributed by atoms with E-state index in [-0.39, 0.29) is 11.3 Å². The molecule has 0 spiro atoms. The first kappa shape index (κ1) is 16.5. The van der Waals surface area contributed by atoms with Gasteiger partial charge in [0.05, 0.1) is 17.6 Å². The van der Waals surface area contributed by atoms with Crippen molar-refractivity contribution in [3.8, 4) is 0 Å². The SMILES string of the molecule is CCOC(=O)c1csc2nc(Cl)nc(N(C)C3CCCCC3)c12. The molecular weight excluding hydrogens is 334 g/mol. The number of hydrogen-bond acceptors (Lipinski definition) is 6. The minimum Gasteiger partial charge on any atom is -0.462 e. The quantitative estimate of drug-likeness (QED) is 0.606. The Morgan fingerprint density at radius 2 is 2.13 bits per heavy atom. The van der Waals surface area contributed by atoms with E-state index in [0.717, 1.165) is 28.9 Å². The second kappa shape index (κ2) is 7.01.